The van der Waals surface area contributed by atoms with E-state index in [-0.39, 0.29) is 6.04 Å². The second kappa shape index (κ2) is 7.80. The van der Waals surface area contributed by atoms with Crippen LogP contribution in [-0.2, 0) is 0 Å². The molecule has 0 spiro atoms. The standard InChI is InChI=1S/C21H24N4O2/c1-16(24-12-14-25(15-13-24)18-6-4-3-5-7-18)20-22-23-21(27-20)17-8-10-19(26-2)11-9-17/h3-11,16H,12-15H2,1-2H3/t16-/m0/s1. The van der Waals surface area contributed by atoms with Crippen LogP contribution in [0.15, 0.2) is 59.0 Å². The first-order valence-electron chi connectivity index (χ1n) is 9.26. The maximum Gasteiger partial charge on any atom is 0.247 e. The minimum absolute atomic E-state index is 0.0995. The van der Waals surface area contributed by atoms with E-state index < -0.39 is 0 Å². The highest BCUT2D eigenvalue weighted by molar-refractivity contribution is 5.54. The molecule has 3 aromatic rings. The van der Waals surface area contributed by atoms with Crippen molar-refractivity contribution in [2.75, 3.05) is 38.2 Å². The molecule has 0 saturated carbocycles. The summed E-state index contributed by atoms with van der Waals surface area (Å²) in [5.74, 6) is 2.01. The zero-order valence-corrected chi connectivity index (χ0v) is 15.7. The van der Waals surface area contributed by atoms with E-state index in [1.54, 1.807) is 7.11 Å². The normalized spacial score (nSPS) is 16.3. The third kappa shape index (κ3) is 3.80. The van der Waals surface area contributed by atoms with Gasteiger partial charge in [0.2, 0.25) is 11.8 Å². The van der Waals surface area contributed by atoms with Crippen molar-refractivity contribution in [3.05, 3.63) is 60.5 Å². The summed E-state index contributed by atoms with van der Waals surface area (Å²) in [6, 6.07) is 18.3. The Labute approximate surface area is 159 Å². The molecule has 2 heterocycles. The van der Waals surface area contributed by atoms with Gasteiger partial charge in [-0.05, 0) is 43.3 Å². The van der Waals surface area contributed by atoms with Gasteiger partial charge in [0.1, 0.15) is 5.75 Å². The Balaban J connectivity index is 1.40. The van der Waals surface area contributed by atoms with Crippen LogP contribution in [0.3, 0.4) is 0 Å². The quantitative estimate of drug-likeness (QED) is 0.689. The zero-order chi connectivity index (χ0) is 18.6. The van der Waals surface area contributed by atoms with Gasteiger partial charge >= 0.3 is 0 Å². The summed E-state index contributed by atoms with van der Waals surface area (Å²) in [7, 11) is 1.65. The summed E-state index contributed by atoms with van der Waals surface area (Å²) in [6.07, 6.45) is 0. The van der Waals surface area contributed by atoms with Gasteiger partial charge in [-0.25, -0.2) is 0 Å². The first-order chi connectivity index (χ1) is 13.2. The van der Waals surface area contributed by atoms with Gasteiger partial charge in [-0.15, -0.1) is 10.2 Å². The van der Waals surface area contributed by atoms with Gasteiger partial charge in [0.05, 0.1) is 13.2 Å². The highest BCUT2D eigenvalue weighted by atomic mass is 16.5. The fourth-order valence-electron chi connectivity index (χ4n) is 3.42. The Hall–Kier alpha value is -2.86. The van der Waals surface area contributed by atoms with Gasteiger partial charge in [-0.3, -0.25) is 4.90 Å². The van der Waals surface area contributed by atoms with Crippen molar-refractivity contribution in [2.45, 2.75) is 13.0 Å². The highest BCUT2D eigenvalue weighted by Gasteiger charge is 2.26. The van der Waals surface area contributed by atoms with Crippen LogP contribution >= 0.6 is 0 Å². The van der Waals surface area contributed by atoms with Crippen molar-refractivity contribution in [3.8, 4) is 17.2 Å². The minimum atomic E-state index is 0.0995. The van der Waals surface area contributed by atoms with Crippen molar-refractivity contribution in [1.82, 2.24) is 15.1 Å². The fourth-order valence-corrected chi connectivity index (χ4v) is 3.42. The molecule has 1 aliphatic rings. The van der Waals surface area contributed by atoms with E-state index in [2.05, 4.69) is 57.3 Å². The lowest BCUT2D eigenvalue weighted by Crippen LogP contribution is -2.47. The van der Waals surface area contributed by atoms with E-state index >= 15 is 0 Å². The molecule has 0 aliphatic carbocycles. The predicted octanol–water partition coefficient (Wildman–Crippen LogP) is 3.63. The molecule has 6 nitrogen and oxygen atoms in total. The lowest BCUT2D eigenvalue weighted by Gasteiger charge is -2.38. The molecular formula is C21H24N4O2. The molecule has 27 heavy (non-hydrogen) atoms. The zero-order valence-electron chi connectivity index (χ0n) is 15.7. The van der Waals surface area contributed by atoms with Crippen molar-refractivity contribution in [2.24, 2.45) is 0 Å². The van der Waals surface area contributed by atoms with Crippen molar-refractivity contribution < 1.29 is 9.15 Å². The summed E-state index contributed by atoms with van der Waals surface area (Å²) in [6.45, 7) is 6.05. The number of anilines is 1. The molecule has 0 bridgehead atoms. The van der Waals surface area contributed by atoms with Crippen molar-refractivity contribution in [1.29, 1.82) is 0 Å². The monoisotopic (exact) mass is 364 g/mol. The molecule has 1 fully saturated rings. The Morgan fingerprint density at radius 2 is 1.63 bits per heavy atom. The van der Waals surface area contributed by atoms with Crippen LogP contribution in [0, 0.1) is 0 Å². The van der Waals surface area contributed by atoms with Crippen LogP contribution < -0.4 is 9.64 Å². The molecule has 6 heteroatoms. The second-order valence-electron chi connectivity index (χ2n) is 6.71. The first kappa shape index (κ1) is 17.5. The third-order valence-electron chi connectivity index (χ3n) is 5.12. The number of hydrogen-bond donors (Lipinski definition) is 0. The van der Waals surface area contributed by atoms with Crippen LogP contribution in [0.5, 0.6) is 5.75 Å². The number of rotatable bonds is 5. The van der Waals surface area contributed by atoms with Gasteiger partial charge in [-0.1, -0.05) is 18.2 Å². The average Bonchev–Trinajstić information content (AvgIpc) is 3.24. The summed E-state index contributed by atoms with van der Waals surface area (Å²) in [5.41, 5.74) is 2.18. The molecule has 140 valence electrons. The van der Waals surface area contributed by atoms with Crippen LogP contribution in [0.25, 0.3) is 11.5 Å². The minimum Gasteiger partial charge on any atom is -0.497 e. The molecule has 1 saturated heterocycles. The van der Waals surface area contributed by atoms with Crippen molar-refractivity contribution >= 4 is 5.69 Å². The van der Waals surface area contributed by atoms with E-state index in [0.717, 1.165) is 37.5 Å². The Kier molecular flexibility index (Phi) is 5.07. The lowest BCUT2D eigenvalue weighted by atomic mass is 10.2. The molecule has 0 N–H and O–H groups in total. The number of nitrogens with zero attached hydrogens (tertiary/aromatic N) is 4. The number of para-hydroxylation sites is 1. The molecule has 1 atom stereocenters. The number of benzene rings is 2. The number of methoxy groups -OCH3 is 1. The van der Waals surface area contributed by atoms with Crippen LogP contribution in [0.2, 0.25) is 0 Å². The van der Waals surface area contributed by atoms with Gasteiger partial charge in [-0.2, -0.15) is 0 Å². The maximum absolute atomic E-state index is 5.95. The summed E-state index contributed by atoms with van der Waals surface area (Å²) in [5, 5.41) is 8.51. The van der Waals surface area contributed by atoms with Gasteiger partial charge in [0, 0.05) is 37.4 Å². The van der Waals surface area contributed by atoms with E-state index in [1.807, 2.05) is 24.3 Å². The number of piperazine rings is 1. The fraction of sp³-hybridized carbons (Fsp3) is 0.333. The Morgan fingerprint density at radius 3 is 2.30 bits per heavy atom. The molecule has 0 amide bonds. The van der Waals surface area contributed by atoms with Crippen molar-refractivity contribution in [3.63, 3.8) is 0 Å². The average molecular weight is 364 g/mol. The molecule has 2 aromatic carbocycles. The number of hydrogen-bond acceptors (Lipinski definition) is 6. The topological polar surface area (TPSA) is 54.6 Å². The summed E-state index contributed by atoms with van der Waals surface area (Å²) >= 11 is 0. The van der Waals surface area contributed by atoms with Crippen LogP contribution in [-0.4, -0.2) is 48.4 Å². The van der Waals surface area contributed by atoms with Crippen LogP contribution in [0.4, 0.5) is 5.69 Å². The van der Waals surface area contributed by atoms with E-state index in [4.69, 9.17) is 9.15 Å². The van der Waals surface area contributed by atoms with Gasteiger partial charge in [0.15, 0.2) is 0 Å². The second-order valence-corrected chi connectivity index (χ2v) is 6.71. The molecule has 1 aliphatic heterocycles. The molecule has 1 aromatic heterocycles. The molecular weight excluding hydrogens is 340 g/mol. The van der Waals surface area contributed by atoms with E-state index in [0.29, 0.717) is 11.8 Å². The third-order valence-corrected chi connectivity index (χ3v) is 5.12. The summed E-state index contributed by atoms with van der Waals surface area (Å²) in [4.78, 5) is 4.81. The first-order valence-corrected chi connectivity index (χ1v) is 9.26. The highest BCUT2D eigenvalue weighted by Crippen LogP contribution is 2.26. The Morgan fingerprint density at radius 1 is 0.926 bits per heavy atom. The lowest BCUT2D eigenvalue weighted by molar-refractivity contribution is 0.174. The van der Waals surface area contributed by atoms with Gasteiger partial charge < -0.3 is 14.1 Å². The van der Waals surface area contributed by atoms with Crippen LogP contribution in [0.1, 0.15) is 18.9 Å². The predicted molar refractivity (Wildman–Crippen MR) is 105 cm³/mol. The van der Waals surface area contributed by atoms with E-state index in [1.165, 1.54) is 5.69 Å². The maximum atomic E-state index is 5.95. The molecule has 4 rings (SSSR count). The van der Waals surface area contributed by atoms with Gasteiger partial charge in [0.25, 0.3) is 0 Å². The van der Waals surface area contributed by atoms with E-state index in [9.17, 15) is 0 Å². The smallest absolute Gasteiger partial charge is 0.247 e. The number of aromatic nitrogens is 2. The largest absolute Gasteiger partial charge is 0.497 e. The summed E-state index contributed by atoms with van der Waals surface area (Å²) < 4.78 is 11.1. The molecule has 0 unspecified atom stereocenters. The SMILES string of the molecule is COc1ccc(-c2nnc([C@H](C)N3CCN(c4ccccc4)CC3)o2)cc1. The Bertz CT molecular complexity index is 855. The number of ether oxygens (including phenoxy) is 1. The molecule has 0 radical (unpaired) electrons.